The first-order valence-corrected chi connectivity index (χ1v) is 9.88. The summed E-state index contributed by atoms with van der Waals surface area (Å²) in [5.41, 5.74) is 0.664. The Bertz CT molecular complexity index is 724. The lowest BCUT2D eigenvalue weighted by Crippen LogP contribution is -2.52. The molecule has 2 saturated heterocycles. The van der Waals surface area contributed by atoms with Crippen LogP contribution < -0.4 is 0 Å². The van der Waals surface area contributed by atoms with Gasteiger partial charge in [0, 0.05) is 37.8 Å². The number of ether oxygens (including phenoxy) is 1. The van der Waals surface area contributed by atoms with Crippen LogP contribution in [0.25, 0.3) is 0 Å². The Morgan fingerprint density at radius 3 is 2.58 bits per heavy atom. The number of piperazine rings is 1. The molecule has 0 unspecified atom stereocenters. The fourth-order valence-electron chi connectivity index (χ4n) is 3.12. The van der Waals surface area contributed by atoms with Crippen LogP contribution >= 0.6 is 11.6 Å². The predicted octanol–water partition coefficient (Wildman–Crippen LogP) is 1.66. The van der Waals surface area contributed by atoms with Gasteiger partial charge in [-0.3, -0.25) is 4.79 Å². The average Bonchev–Trinajstić information content (AvgIpc) is 3.11. The summed E-state index contributed by atoms with van der Waals surface area (Å²) in [5, 5.41) is 0.395. The van der Waals surface area contributed by atoms with Crippen LogP contribution in [0.2, 0.25) is 5.02 Å². The third-order valence-electron chi connectivity index (χ3n) is 4.52. The van der Waals surface area contributed by atoms with E-state index in [0.29, 0.717) is 30.3 Å². The number of benzene rings is 1. The van der Waals surface area contributed by atoms with Gasteiger partial charge in [-0.05, 0) is 37.5 Å². The maximum absolute atomic E-state index is 12.8. The number of amides is 1. The van der Waals surface area contributed by atoms with E-state index < -0.39 is 10.0 Å². The lowest BCUT2D eigenvalue weighted by atomic mass is 10.2. The zero-order chi connectivity index (χ0) is 17.3. The van der Waals surface area contributed by atoms with Crippen molar-refractivity contribution in [2.45, 2.75) is 30.8 Å². The van der Waals surface area contributed by atoms with Gasteiger partial charge in [-0.1, -0.05) is 17.7 Å². The maximum atomic E-state index is 12.8. The molecule has 3 rings (SSSR count). The van der Waals surface area contributed by atoms with E-state index in [4.69, 9.17) is 16.3 Å². The second-order valence-electron chi connectivity index (χ2n) is 6.14. The van der Waals surface area contributed by atoms with Crippen LogP contribution in [0.4, 0.5) is 0 Å². The molecule has 0 aliphatic carbocycles. The highest BCUT2D eigenvalue weighted by molar-refractivity contribution is 7.89. The first-order chi connectivity index (χ1) is 11.4. The number of rotatable bonds is 3. The van der Waals surface area contributed by atoms with Crippen molar-refractivity contribution in [1.29, 1.82) is 0 Å². The van der Waals surface area contributed by atoms with Gasteiger partial charge in [0.15, 0.2) is 0 Å². The van der Waals surface area contributed by atoms with Gasteiger partial charge in [-0.25, -0.2) is 8.42 Å². The lowest BCUT2D eigenvalue weighted by molar-refractivity contribution is -0.142. The quantitative estimate of drug-likeness (QED) is 0.809. The number of carbonyl (C=O) groups is 1. The molecule has 132 valence electrons. The van der Waals surface area contributed by atoms with Crippen LogP contribution in [0, 0.1) is 6.92 Å². The Labute approximate surface area is 147 Å². The summed E-state index contributed by atoms with van der Waals surface area (Å²) in [6, 6.07) is 4.86. The average molecular weight is 373 g/mol. The van der Waals surface area contributed by atoms with Crippen molar-refractivity contribution in [3.8, 4) is 0 Å². The van der Waals surface area contributed by atoms with Crippen molar-refractivity contribution in [2.24, 2.45) is 0 Å². The molecular formula is C16H21ClN2O4S. The number of carbonyl (C=O) groups excluding carboxylic acids is 1. The van der Waals surface area contributed by atoms with Crippen molar-refractivity contribution in [3.63, 3.8) is 0 Å². The number of nitrogens with zero attached hydrogens (tertiary/aromatic N) is 2. The highest BCUT2D eigenvalue weighted by atomic mass is 35.5. The monoisotopic (exact) mass is 372 g/mol. The molecule has 8 heteroatoms. The standard InChI is InChI=1S/C16H21ClN2O4S/c1-12-4-5-13(17)11-15(12)24(21,22)19-8-6-18(7-9-19)16(20)14-3-2-10-23-14/h4-5,11,14H,2-3,6-10H2,1H3/t14-/m0/s1. The molecule has 1 aromatic rings. The third-order valence-corrected chi connectivity index (χ3v) is 6.80. The molecule has 0 N–H and O–H groups in total. The zero-order valence-electron chi connectivity index (χ0n) is 13.6. The smallest absolute Gasteiger partial charge is 0.251 e. The second kappa shape index (κ2) is 7.00. The van der Waals surface area contributed by atoms with Crippen LogP contribution in [0.15, 0.2) is 23.1 Å². The summed E-state index contributed by atoms with van der Waals surface area (Å²) in [6.45, 7) is 3.72. The molecule has 1 atom stereocenters. The van der Waals surface area contributed by atoms with E-state index in [0.717, 1.165) is 12.8 Å². The number of halogens is 1. The van der Waals surface area contributed by atoms with E-state index in [2.05, 4.69) is 0 Å². The van der Waals surface area contributed by atoms with Crippen molar-refractivity contribution in [3.05, 3.63) is 28.8 Å². The Balaban J connectivity index is 1.69. The molecule has 24 heavy (non-hydrogen) atoms. The number of aryl methyl sites for hydroxylation is 1. The summed E-state index contributed by atoms with van der Waals surface area (Å²) >= 11 is 5.95. The molecule has 2 fully saturated rings. The zero-order valence-corrected chi connectivity index (χ0v) is 15.1. The fraction of sp³-hybridized carbons (Fsp3) is 0.562. The SMILES string of the molecule is Cc1ccc(Cl)cc1S(=O)(=O)N1CCN(C(=O)[C@@H]2CCCO2)CC1. The number of hydrogen-bond acceptors (Lipinski definition) is 4. The summed E-state index contributed by atoms with van der Waals surface area (Å²) in [6.07, 6.45) is 1.29. The minimum atomic E-state index is -3.60. The van der Waals surface area contributed by atoms with E-state index >= 15 is 0 Å². The van der Waals surface area contributed by atoms with Gasteiger partial charge in [0.2, 0.25) is 10.0 Å². The topological polar surface area (TPSA) is 66.9 Å². The van der Waals surface area contributed by atoms with Crippen LogP contribution in [0.3, 0.4) is 0 Å². The molecule has 0 aromatic heterocycles. The van der Waals surface area contributed by atoms with E-state index in [1.54, 1.807) is 24.0 Å². The van der Waals surface area contributed by atoms with Gasteiger partial charge in [-0.15, -0.1) is 0 Å². The van der Waals surface area contributed by atoms with Crippen molar-refractivity contribution < 1.29 is 17.9 Å². The van der Waals surface area contributed by atoms with Gasteiger partial charge in [0.25, 0.3) is 5.91 Å². The minimum absolute atomic E-state index is 0.0246. The molecule has 6 nitrogen and oxygen atoms in total. The summed E-state index contributed by atoms with van der Waals surface area (Å²) < 4.78 is 32.5. The number of sulfonamides is 1. The van der Waals surface area contributed by atoms with Crippen LogP contribution in [0.1, 0.15) is 18.4 Å². The summed E-state index contributed by atoms with van der Waals surface area (Å²) in [4.78, 5) is 14.3. The summed E-state index contributed by atoms with van der Waals surface area (Å²) in [5.74, 6) is -0.0246. The molecule has 2 aliphatic heterocycles. The van der Waals surface area contributed by atoms with Gasteiger partial charge in [0.1, 0.15) is 6.10 Å². The Hall–Kier alpha value is -1.15. The highest BCUT2D eigenvalue weighted by Gasteiger charge is 2.34. The molecule has 2 aliphatic rings. The van der Waals surface area contributed by atoms with Gasteiger partial charge in [0.05, 0.1) is 4.90 Å². The predicted molar refractivity (Wildman–Crippen MR) is 90.5 cm³/mol. The van der Waals surface area contributed by atoms with Crippen LogP contribution in [0.5, 0.6) is 0 Å². The van der Waals surface area contributed by atoms with Crippen LogP contribution in [-0.4, -0.2) is 62.4 Å². The number of hydrogen-bond donors (Lipinski definition) is 0. The van der Waals surface area contributed by atoms with Gasteiger partial charge >= 0.3 is 0 Å². The van der Waals surface area contributed by atoms with E-state index in [1.165, 1.54) is 10.4 Å². The second-order valence-corrected chi connectivity index (χ2v) is 8.48. The van der Waals surface area contributed by atoms with Crippen molar-refractivity contribution in [1.82, 2.24) is 9.21 Å². The van der Waals surface area contributed by atoms with Crippen molar-refractivity contribution >= 4 is 27.5 Å². The molecule has 1 aromatic carbocycles. The van der Waals surface area contributed by atoms with E-state index in [9.17, 15) is 13.2 Å². The Kier molecular flexibility index (Phi) is 5.15. The van der Waals surface area contributed by atoms with Crippen molar-refractivity contribution in [2.75, 3.05) is 32.8 Å². The molecule has 2 heterocycles. The largest absolute Gasteiger partial charge is 0.368 e. The fourth-order valence-corrected chi connectivity index (χ4v) is 5.03. The lowest BCUT2D eigenvalue weighted by Gasteiger charge is -2.35. The maximum Gasteiger partial charge on any atom is 0.251 e. The van der Waals surface area contributed by atoms with Gasteiger partial charge in [-0.2, -0.15) is 4.31 Å². The third kappa shape index (κ3) is 3.44. The molecular weight excluding hydrogens is 352 g/mol. The highest BCUT2D eigenvalue weighted by Crippen LogP contribution is 2.25. The normalized spacial score (nSPS) is 22.8. The van der Waals surface area contributed by atoms with Crippen LogP contribution in [-0.2, 0) is 19.6 Å². The first kappa shape index (κ1) is 17.7. The summed E-state index contributed by atoms with van der Waals surface area (Å²) in [7, 11) is -3.60. The Morgan fingerprint density at radius 2 is 1.96 bits per heavy atom. The Morgan fingerprint density at radius 1 is 1.25 bits per heavy atom. The molecule has 0 spiro atoms. The van der Waals surface area contributed by atoms with E-state index in [1.807, 2.05) is 0 Å². The molecule has 0 bridgehead atoms. The first-order valence-electron chi connectivity index (χ1n) is 8.06. The molecule has 0 saturated carbocycles. The molecule has 1 amide bonds. The molecule has 0 radical (unpaired) electrons. The minimum Gasteiger partial charge on any atom is -0.368 e. The van der Waals surface area contributed by atoms with Gasteiger partial charge < -0.3 is 9.64 Å². The van der Waals surface area contributed by atoms with E-state index in [-0.39, 0.29) is 30.0 Å².